The lowest BCUT2D eigenvalue weighted by Crippen LogP contribution is -2.47. The summed E-state index contributed by atoms with van der Waals surface area (Å²) in [5.74, 6) is -0.252. The summed E-state index contributed by atoms with van der Waals surface area (Å²) in [5, 5.41) is 6.48. The van der Waals surface area contributed by atoms with E-state index in [0.717, 1.165) is 59.7 Å². The van der Waals surface area contributed by atoms with Crippen molar-refractivity contribution in [2.45, 2.75) is 31.6 Å². The summed E-state index contributed by atoms with van der Waals surface area (Å²) in [6, 6.07) is 12.8. The number of alkyl halides is 3. The van der Waals surface area contributed by atoms with E-state index in [1.807, 2.05) is 36.4 Å². The molecule has 3 aromatic heterocycles. The van der Waals surface area contributed by atoms with E-state index in [1.54, 1.807) is 18.6 Å². The molecule has 2 aliphatic heterocycles. The number of hydrogen-bond acceptors (Lipinski definition) is 8. The molecule has 0 aliphatic carbocycles. The van der Waals surface area contributed by atoms with Crippen LogP contribution in [0.15, 0.2) is 67.1 Å². The van der Waals surface area contributed by atoms with Gasteiger partial charge < -0.3 is 25.3 Å². The first-order valence-electron chi connectivity index (χ1n) is 15.0. The fraction of sp³-hybridized carbons (Fsp3) is 0.344. The van der Waals surface area contributed by atoms with Crippen molar-refractivity contribution in [3.63, 3.8) is 0 Å². The maximum Gasteiger partial charge on any atom is 0.409 e. The number of rotatable bonds is 8. The van der Waals surface area contributed by atoms with Gasteiger partial charge in [0.2, 0.25) is 5.91 Å². The molecule has 11 nitrogen and oxygen atoms in total. The fourth-order valence-electron chi connectivity index (χ4n) is 5.73. The molecule has 3 N–H and O–H groups in total. The van der Waals surface area contributed by atoms with Crippen molar-refractivity contribution in [2.24, 2.45) is 0 Å². The molecule has 2 aliphatic rings. The Morgan fingerprint density at radius 1 is 1.04 bits per heavy atom. The van der Waals surface area contributed by atoms with Gasteiger partial charge in [-0.1, -0.05) is 12.1 Å². The number of anilines is 2. The number of carbonyl (C=O) groups is 2. The molecular weight excluding hydrogens is 601 g/mol. The summed E-state index contributed by atoms with van der Waals surface area (Å²) in [4.78, 5) is 45.8. The fourth-order valence-corrected chi connectivity index (χ4v) is 5.73. The lowest BCUT2D eigenvalue weighted by atomic mass is 10.0. The van der Waals surface area contributed by atoms with Gasteiger partial charge in [-0.25, -0.2) is 9.97 Å². The predicted molar refractivity (Wildman–Crippen MR) is 166 cm³/mol. The van der Waals surface area contributed by atoms with Crippen molar-refractivity contribution in [3.8, 4) is 11.3 Å². The summed E-state index contributed by atoms with van der Waals surface area (Å²) >= 11 is 0. The van der Waals surface area contributed by atoms with Gasteiger partial charge >= 0.3 is 6.18 Å². The largest absolute Gasteiger partial charge is 0.409 e. The molecule has 14 heteroatoms. The number of piperidine rings is 1. The molecular formula is C32H33F3N8O3. The predicted octanol–water partition coefficient (Wildman–Crippen LogP) is 4.31. The number of nitrogens with one attached hydrogen (secondary N) is 3. The Labute approximate surface area is 262 Å². The summed E-state index contributed by atoms with van der Waals surface area (Å²) in [5.41, 5.74) is 4.28. The molecule has 1 aromatic carbocycles. The van der Waals surface area contributed by atoms with Crippen molar-refractivity contribution in [3.05, 3.63) is 78.4 Å². The quantitative estimate of drug-likeness (QED) is 0.245. The zero-order chi connectivity index (χ0) is 32.1. The molecule has 1 atom stereocenters. The monoisotopic (exact) mass is 634 g/mol. The molecule has 2 amide bonds. The second-order valence-electron chi connectivity index (χ2n) is 11.3. The van der Waals surface area contributed by atoms with E-state index in [2.05, 4.69) is 40.4 Å². The van der Waals surface area contributed by atoms with Crippen LogP contribution in [0.1, 0.15) is 28.9 Å². The lowest BCUT2D eigenvalue weighted by Gasteiger charge is -2.33. The van der Waals surface area contributed by atoms with E-state index >= 15 is 0 Å². The highest BCUT2D eigenvalue weighted by Gasteiger charge is 2.25. The normalized spacial score (nSPS) is 17.8. The van der Waals surface area contributed by atoms with E-state index in [9.17, 15) is 22.8 Å². The van der Waals surface area contributed by atoms with Crippen LogP contribution in [0.25, 0.3) is 22.3 Å². The van der Waals surface area contributed by atoms with Gasteiger partial charge in [0, 0.05) is 62.0 Å². The Bertz CT molecular complexity index is 1720. The van der Waals surface area contributed by atoms with Crippen molar-refractivity contribution in [1.82, 2.24) is 30.2 Å². The van der Waals surface area contributed by atoms with Gasteiger partial charge in [0.25, 0.3) is 5.91 Å². The molecule has 2 saturated heterocycles. The smallest absolute Gasteiger partial charge is 0.378 e. The Kier molecular flexibility index (Phi) is 9.26. The van der Waals surface area contributed by atoms with E-state index in [4.69, 9.17) is 4.74 Å². The zero-order valence-electron chi connectivity index (χ0n) is 24.9. The third kappa shape index (κ3) is 7.87. The van der Waals surface area contributed by atoms with Gasteiger partial charge in [-0.15, -0.1) is 0 Å². The van der Waals surface area contributed by atoms with Gasteiger partial charge in [0.1, 0.15) is 23.5 Å². The summed E-state index contributed by atoms with van der Waals surface area (Å²) in [6.45, 7) is 4.61. The number of halogens is 3. The van der Waals surface area contributed by atoms with E-state index in [-0.39, 0.29) is 23.7 Å². The van der Waals surface area contributed by atoms with Crippen LogP contribution in [0.4, 0.5) is 24.7 Å². The third-order valence-corrected chi connectivity index (χ3v) is 7.91. The molecule has 4 aromatic rings. The second-order valence-corrected chi connectivity index (χ2v) is 11.3. The Balaban J connectivity index is 1.06. The molecule has 0 unspecified atom stereocenters. The van der Waals surface area contributed by atoms with Gasteiger partial charge in [0.15, 0.2) is 0 Å². The van der Waals surface area contributed by atoms with E-state index in [1.165, 1.54) is 0 Å². The minimum atomic E-state index is -4.53. The number of hydrogen-bond donors (Lipinski definition) is 3. The van der Waals surface area contributed by atoms with Gasteiger partial charge in [-0.2, -0.15) is 13.2 Å². The van der Waals surface area contributed by atoms with Crippen LogP contribution >= 0.6 is 0 Å². The van der Waals surface area contributed by atoms with E-state index < -0.39 is 12.1 Å². The van der Waals surface area contributed by atoms with Crippen molar-refractivity contribution >= 4 is 34.4 Å². The molecule has 0 spiro atoms. The van der Waals surface area contributed by atoms with Crippen LogP contribution in [0, 0.1) is 0 Å². The molecule has 2 fully saturated rings. The molecule has 0 radical (unpaired) electrons. The topological polar surface area (TPSA) is 128 Å². The van der Waals surface area contributed by atoms with Crippen LogP contribution < -0.4 is 15.5 Å². The van der Waals surface area contributed by atoms with Crippen molar-refractivity contribution < 1.29 is 27.5 Å². The summed E-state index contributed by atoms with van der Waals surface area (Å²) in [7, 11) is 0. The molecule has 46 heavy (non-hydrogen) atoms. The Morgan fingerprint density at radius 3 is 2.63 bits per heavy atom. The molecule has 240 valence electrons. The van der Waals surface area contributed by atoms with Crippen LogP contribution in [-0.2, 0) is 16.1 Å². The minimum absolute atomic E-state index is 0.0674. The average molecular weight is 635 g/mol. The number of aromatic amines is 1. The standard InChI is InChI=1S/C32H33F3N8O3/c33-32(34,35)9-7-28(44)39-24-2-1-11-42(19-24)18-21-8-10-36-27(16-21)31(45)40-23-5-3-22(4-6-23)26-17-25-29(41-26)37-20-38-30(25)43-12-14-46-15-13-43/h3-10,16-17,20,24H,1-2,11-15,18-19H2,(H,39,44)(H,40,45)(H,37,38,41)/b9-7+/t24-/m1/s1. The van der Waals surface area contributed by atoms with Gasteiger partial charge in [-0.05, 0) is 60.8 Å². The number of amides is 2. The number of allylic oxidation sites excluding steroid dienone is 1. The number of nitrogens with zero attached hydrogens (tertiary/aromatic N) is 5. The molecule has 6 rings (SSSR count). The van der Waals surface area contributed by atoms with Gasteiger partial charge in [0.05, 0.1) is 18.6 Å². The number of aromatic nitrogens is 4. The first-order chi connectivity index (χ1) is 22.2. The molecule has 0 saturated carbocycles. The van der Waals surface area contributed by atoms with Crippen molar-refractivity contribution in [2.75, 3.05) is 49.6 Å². The summed E-state index contributed by atoms with van der Waals surface area (Å²) in [6.07, 6.45) is 0.497. The minimum Gasteiger partial charge on any atom is -0.378 e. The first kappa shape index (κ1) is 31.2. The third-order valence-electron chi connectivity index (χ3n) is 7.91. The van der Waals surface area contributed by atoms with Crippen LogP contribution in [0.5, 0.6) is 0 Å². The number of carbonyl (C=O) groups excluding carboxylic acids is 2. The number of likely N-dealkylation sites (tertiary alicyclic amines) is 1. The van der Waals surface area contributed by atoms with Crippen LogP contribution in [-0.4, -0.2) is 88.3 Å². The van der Waals surface area contributed by atoms with Gasteiger partial charge in [-0.3, -0.25) is 19.5 Å². The number of benzene rings is 1. The maximum atomic E-state index is 13.1. The van der Waals surface area contributed by atoms with Crippen LogP contribution in [0.3, 0.4) is 0 Å². The number of H-pyrrole nitrogens is 1. The van der Waals surface area contributed by atoms with Crippen LogP contribution in [0.2, 0.25) is 0 Å². The average Bonchev–Trinajstić information content (AvgIpc) is 3.49. The zero-order valence-corrected chi connectivity index (χ0v) is 24.9. The second kappa shape index (κ2) is 13.7. The highest BCUT2D eigenvalue weighted by molar-refractivity contribution is 6.03. The molecule has 5 heterocycles. The van der Waals surface area contributed by atoms with E-state index in [0.29, 0.717) is 44.5 Å². The number of pyridine rings is 1. The summed E-state index contributed by atoms with van der Waals surface area (Å²) < 4.78 is 42.6. The molecule has 0 bridgehead atoms. The number of fused-ring (bicyclic) bond motifs is 1. The first-order valence-corrected chi connectivity index (χ1v) is 15.0. The van der Waals surface area contributed by atoms with Crippen molar-refractivity contribution in [1.29, 1.82) is 0 Å². The Morgan fingerprint density at radius 2 is 1.85 bits per heavy atom. The SMILES string of the molecule is O=C(/C=C/C(F)(F)F)N[C@@H]1CCCN(Cc2ccnc(C(=O)Nc3ccc(-c4cc5c(N6CCOCC6)ncnc5[nH]4)cc3)c2)C1. The Hall–Kier alpha value is -4.82. The maximum absolute atomic E-state index is 13.1. The lowest BCUT2D eigenvalue weighted by molar-refractivity contribution is -0.118. The highest BCUT2D eigenvalue weighted by Crippen LogP contribution is 2.30. The number of morpholine rings is 1. The number of ether oxygens (including phenoxy) is 1. The highest BCUT2D eigenvalue weighted by atomic mass is 19.4.